The Morgan fingerprint density at radius 1 is 1.27 bits per heavy atom. The Morgan fingerprint density at radius 3 is 2.67 bits per heavy atom. The van der Waals surface area contributed by atoms with Crippen LogP contribution in [0.1, 0.15) is 45.3 Å². The van der Waals surface area contributed by atoms with E-state index in [2.05, 4.69) is 37.1 Å². The second-order valence-electron chi connectivity index (χ2n) is 4.47. The van der Waals surface area contributed by atoms with Crippen molar-refractivity contribution in [2.45, 2.75) is 39.7 Å². The molecule has 0 unspecified atom stereocenters. The fraction of sp³-hybridized carbons (Fsp3) is 0.615. The van der Waals surface area contributed by atoms with Crippen molar-refractivity contribution in [3.05, 3.63) is 30.1 Å². The zero-order valence-corrected chi connectivity index (χ0v) is 10.0. The van der Waals surface area contributed by atoms with E-state index in [1.165, 1.54) is 12.8 Å². The number of hydrogen-bond acceptors (Lipinski definition) is 2. The van der Waals surface area contributed by atoms with Gasteiger partial charge in [0.1, 0.15) is 0 Å². The van der Waals surface area contributed by atoms with Crippen molar-refractivity contribution < 1.29 is 0 Å². The minimum atomic E-state index is 0.360. The van der Waals surface area contributed by atoms with Crippen LogP contribution in [0.2, 0.25) is 0 Å². The van der Waals surface area contributed by atoms with Crippen LogP contribution in [0.15, 0.2) is 24.4 Å². The molecule has 0 spiro atoms. The number of rotatable bonds is 6. The molecule has 0 radical (unpaired) electrons. The van der Waals surface area contributed by atoms with Gasteiger partial charge in [0.15, 0.2) is 0 Å². The Labute approximate surface area is 93.1 Å². The molecule has 1 N–H and O–H groups in total. The van der Waals surface area contributed by atoms with E-state index < -0.39 is 0 Å². The first-order chi connectivity index (χ1) is 7.20. The van der Waals surface area contributed by atoms with Gasteiger partial charge in [-0.25, -0.2) is 0 Å². The Hall–Kier alpha value is -0.890. The van der Waals surface area contributed by atoms with Crippen molar-refractivity contribution in [2.24, 2.45) is 5.92 Å². The predicted octanol–water partition coefficient (Wildman–Crippen LogP) is 3.17. The lowest BCUT2D eigenvalue weighted by Crippen LogP contribution is -2.20. The maximum absolute atomic E-state index is 4.33. The van der Waals surface area contributed by atoms with Gasteiger partial charge in [-0.2, -0.15) is 0 Å². The molecule has 1 aromatic heterocycles. The number of hydrogen-bond donors (Lipinski definition) is 1. The maximum Gasteiger partial charge on any atom is 0.0570 e. The highest BCUT2D eigenvalue weighted by atomic mass is 14.9. The normalized spacial score (nSPS) is 13.1. The van der Waals surface area contributed by atoms with E-state index in [0.29, 0.717) is 6.04 Å². The average Bonchev–Trinajstić information content (AvgIpc) is 2.25. The summed E-state index contributed by atoms with van der Waals surface area (Å²) < 4.78 is 0. The molecule has 1 rings (SSSR count). The van der Waals surface area contributed by atoms with Crippen molar-refractivity contribution in [3.63, 3.8) is 0 Å². The number of aromatic nitrogens is 1. The van der Waals surface area contributed by atoms with Crippen molar-refractivity contribution in [1.29, 1.82) is 0 Å². The van der Waals surface area contributed by atoms with E-state index in [9.17, 15) is 0 Å². The Bertz CT molecular complexity index is 256. The topological polar surface area (TPSA) is 24.9 Å². The first-order valence-electron chi connectivity index (χ1n) is 5.84. The molecule has 0 bridgehead atoms. The molecule has 2 heteroatoms. The molecule has 0 amide bonds. The number of nitrogens with one attached hydrogen (secondary N) is 1. The van der Waals surface area contributed by atoms with Gasteiger partial charge in [-0.05, 0) is 44.4 Å². The molecular formula is C13H22N2. The van der Waals surface area contributed by atoms with Crippen LogP contribution in [-0.4, -0.2) is 11.5 Å². The van der Waals surface area contributed by atoms with Gasteiger partial charge in [0.05, 0.1) is 5.69 Å². The molecular weight excluding hydrogens is 184 g/mol. The van der Waals surface area contributed by atoms with E-state index in [0.717, 1.165) is 18.2 Å². The largest absolute Gasteiger partial charge is 0.309 e. The molecule has 0 aliphatic rings. The summed E-state index contributed by atoms with van der Waals surface area (Å²) in [5, 5.41) is 3.49. The van der Waals surface area contributed by atoms with E-state index in [1.807, 2.05) is 18.3 Å². The van der Waals surface area contributed by atoms with E-state index in [1.54, 1.807) is 0 Å². The van der Waals surface area contributed by atoms with Gasteiger partial charge in [-0.3, -0.25) is 4.98 Å². The van der Waals surface area contributed by atoms with Gasteiger partial charge in [0, 0.05) is 12.2 Å². The fourth-order valence-electron chi connectivity index (χ4n) is 1.57. The van der Waals surface area contributed by atoms with Gasteiger partial charge in [-0.15, -0.1) is 0 Å². The van der Waals surface area contributed by atoms with Crippen molar-refractivity contribution in [1.82, 2.24) is 10.3 Å². The number of nitrogens with zero attached hydrogens (tertiary/aromatic N) is 1. The summed E-state index contributed by atoms with van der Waals surface area (Å²) in [4.78, 5) is 4.33. The lowest BCUT2D eigenvalue weighted by Gasteiger charge is -2.13. The highest BCUT2D eigenvalue weighted by molar-refractivity contribution is 5.07. The summed E-state index contributed by atoms with van der Waals surface area (Å²) in [5.41, 5.74) is 1.13. The van der Waals surface area contributed by atoms with Crippen molar-refractivity contribution in [2.75, 3.05) is 6.54 Å². The molecule has 0 saturated heterocycles. The molecule has 0 aliphatic heterocycles. The molecule has 1 atom stereocenters. The Kier molecular flexibility index (Phi) is 5.33. The van der Waals surface area contributed by atoms with Gasteiger partial charge >= 0.3 is 0 Å². The van der Waals surface area contributed by atoms with Crippen LogP contribution in [0, 0.1) is 5.92 Å². The fourth-order valence-corrected chi connectivity index (χ4v) is 1.57. The molecule has 0 fully saturated rings. The Morgan fingerprint density at radius 2 is 2.07 bits per heavy atom. The molecule has 1 heterocycles. The van der Waals surface area contributed by atoms with Crippen LogP contribution < -0.4 is 5.32 Å². The van der Waals surface area contributed by atoms with Crippen molar-refractivity contribution in [3.8, 4) is 0 Å². The summed E-state index contributed by atoms with van der Waals surface area (Å²) in [6.07, 6.45) is 4.39. The lowest BCUT2D eigenvalue weighted by molar-refractivity contribution is 0.493. The van der Waals surface area contributed by atoms with Crippen LogP contribution in [0.4, 0.5) is 0 Å². The standard InChI is InChI=1S/C13H22N2/c1-11(2)7-6-10-14-12(3)13-8-4-5-9-15-13/h4-5,8-9,11-12,14H,6-7,10H2,1-3H3/t12-/m1/s1. The summed E-state index contributed by atoms with van der Waals surface area (Å²) in [5.74, 6) is 0.803. The summed E-state index contributed by atoms with van der Waals surface area (Å²) in [7, 11) is 0. The zero-order valence-electron chi connectivity index (χ0n) is 10.0. The first kappa shape index (κ1) is 12.2. The second-order valence-corrected chi connectivity index (χ2v) is 4.47. The third-order valence-corrected chi connectivity index (χ3v) is 2.54. The third-order valence-electron chi connectivity index (χ3n) is 2.54. The highest BCUT2D eigenvalue weighted by Gasteiger charge is 2.04. The summed E-state index contributed by atoms with van der Waals surface area (Å²) >= 11 is 0. The summed E-state index contributed by atoms with van der Waals surface area (Å²) in [6.45, 7) is 7.78. The van der Waals surface area contributed by atoms with Crippen LogP contribution in [0.5, 0.6) is 0 Å². The molecule has 2 nitrogen and oxygen atoms in total. The smallest absolute Gasteiger partial charge is 0.0570 e. The molecule has 0 saturated carbocycles. The predicted molar refractivity (Wildman–Crippen MR) is 64.7 cm³/mol. The van der Waals surface area contributed by atoms with Crippen LogP contribution in [0.3, 0.4) is 0 Å². The molecule has 84 valence electrons. The van der Waals surface area contributed by atoms with Gasteiger partial charge < -0.3 is 5.32 Å². The monoisotopic (exact) mass is 206 g/mol. The third kappa shape index (κ3) is 4.93. The number of pyridine rings is 1. The van der Waals surface area contributed by atoms with Crippen molar-refractivity contribution >= 4 is 0 Å². The van der Waals surface area contributed by atoms with Gasteiger partial charge in [0.2, 0.25) is 0 Å². The molecule has 0 aliphatic carbocycles. The SMILES string of the molecule is CC(C)CCCN[C@H](C)c1ccccn1. The van der Waals surface area contributed by atoms with Crippen LogP contribution >= 0.6 is 0 Å². The zero-order chi connectivity index (χ0) is 11.1. The summed E-state index contributed by atoms with van der Waals surface area (Å²) in [6, 6.07) is 6.42. The lowest BCUT2D eigenvalue weighted by atomic mass is 10.1. The van der Waals surface area contributed by atoms with E-state index >= 15 is 0 Å². The van der Waals surface area contributed by atoms with Crippen LogP contribution in [0.25, 0.3) is 0 Å². The first-order valence-corrected chi connectivity index (χ1v) is 5.84. The Balaban J connectivity index is 2.22. The molecule has 15 heavy (non-hydrogen) atoms. The van der Waals surface area contributed by atoms with Gasteiger partial charge in [-0.1, -0.05) is 19.9 Å². The average molecular weight is 206 g/mol. The molecule has 1 aromatic rings. The quantitative estimate of drug-likeness (QED) is 0.723. The highest BCUT2D eigenvalue weighted by Crippen LogP contribution is 2.08. The van der Waals surface area contributed by atoms with E-state index in [4.69, 9.17) is 0 Å². The minimum absolute atomic E-state index is 0.360. The maximum atomic E-state index is 4.33. The van der Waals surface area contributed by atoms with Gasteiger partial charge in [0.25, 0.3) is 0 Å². The minimum Gasteiger partial charge on any atom is -0.309 e. The van der Waals surface area contributed by atoms with E-state index in [-0.39, 0.29) is 0 Å². The second kappa shape index (κ2) is 6.57. The van der Waals surface area contributed by atoms with Crippen LogP contribution in [-0.2, 0) is 0 Å². The molecule has 0 aromatic carbocycles.